The first kappa shape index (κ1) is 47.8. The van der Waals surface area contributed by atoms with Gasteiger partial charge in [0.05, 0.1) is 36.7 Å². The highest BCUT2D eigenvalue weighted by Crippen LogP contribution is 2.64. The third-order valence-corrected chi connectivity index (χ3v) is 14.7. The summed E-state index contributed by atoms with van der Waals surface area (Å²) in [7, 11) is 1.52. The molecule has 358 valence electrons. The van der Waals surface area contributed by atoms with E-state index in [4.69, 9.17) is 33.2 Å². The van der Waals surface area contributed by atoms with E-state index in [1.165, 1.54) is 38.0 Å². The van der Waals surface area contributed by atoms with Gasteiger partial charge in [-0.2, -0.15) is 0 Å². The van der Waals surface area contributed by atoms with Crippen molar-refractivity contribution in [2.24, 2.45) is 16.7 Å². The van der Waals surface area contributed by atoms with Gasteiger partial charge in [0.25, 0.3) is 0 Å². The molecule has 16 nitrogen and oxygen atoms in total. The number of ether oxygens (including phenoxy) is 7. The lowest BCUT2D eigenvalue weighted by Gasteiger charge is -2.67. The van der Waals surface area contributed by atoms with Gasteiger partial charge in [-0.25, -0.2) is 14.4 Å². The van der Waals surface area contributed by atoms with Crippen molar-refractivity contribution in [1.29, 1.82) is 0 Å². The Balaban J connectivity index is 1.27. The first-order chi connectivity index (χ1) is 31.5. The van der Waals surface area contributed by atoms with E-state index >= 15 is 9.59 Å². The molecule has 4 fully saturated rings. The lowest BCUT2D eigenvalue weighted by atomic mass is 9.44. The Morgan fingerprint density at radius 3 is 2.06 bits per heavy atom. The van der Waals surface area contributed by atoms with Crippen LogP contribution in [0.15, 0.2) is 96.1 Å². The summed E-state index contributed by atoms with van der Waals surface area (Å²) >= 11 is 0. The lowest BCUT2D eigenvalue weighted by molar-refractivity contribution is -0.346. The molecule has 3 aromatic rings. The summed E-state index contributed by atoms with van der Waals surface area (Å²) in [6.07, 6.45) is -11.9. The number of aliphatic hydroxyl groups excluding tert-OH is 2. The van der Waals surface area contributed by atoms with E-state index in [1.54, 1.807) is 114 Å². The number of ketones is 1. The number of hydrogen-bond acceptors (Lipinski definition) is 15. The van der Waals surface area contributed by atoms with Crippen LogP contribution in [-0.2, 0) is 42.8 Å². The molecule has 2 aliphatic heterocycles. The molecule has 3 aromatic carbocycles. The van der Waals surface area contributed by atoms with Crippen LogP contribution in [0.2, 0.25) is 0 Å². The Kier molecular flexibility index (Phi) is 12.2. The number of carbonyl (C=O) groups is 5. The number of aliphatic hydroxyl groups is 3. The summed E-state index contributed by atoms with van der Waals surface area (Å²) in [6.45, 7) is 12.2. The molecule has 0 spiro atoms. The van der Waals surface area contributed by atoms with Crippen molar-refractivity contribution in [1.82, 2.24) is 4.90 Å². The van der Waals surface area contributed by atoms with Crippen molar-refractivity contribution in [2.75, 3.05) is 13.7 Å². The minimum absolute atomic E-state index is 0.0244. The van der Waals surface area contributed by atoms with E-state index in [9.17, 15) is 29.7 Å². The number of carbonyl (C=O) groups excluding carboxylic acids is 5. The summed E-state index contributed by atoms with van der Waals surface area (Å²) < 4.78 is 42.7. The van der Waals surface area contributed by atoms with Gasteiger partial charge < -0.3 is 48.5 Å². The molecule has 3 N–H and O–H groups in total. The van der Waals surface area contributed by atoms with Gasteiger partial charge >= 0.3 is 24.0 Å². The Morgan fingerprint density at radius 2 is 1.49 bits per heavy atom. The maximum Gasteiger partial charge on any atom is 0.413 e. The number of esters is 3. The first-order valence-corrected chi connectivity index (χ1v) is 22.5. The van der Waals surface area contributed by atoms with Crippen LogP contribution in [0.5, 0.6) is 5.75 Å². The Hall–Kier alpha value is -5.65. The maximum atomic E-state index is 15.2. The predicted octanol–water partition coefficient (Wildman–Crippen LogP) is 5.72. The Labute approximate surface area is 389 Å². The zero-order valence-corrected chi connectivity index (χ0v) is 39.1. The minimum atomic E-state index is -2.35. The van der Waals surface area contributed by atoms with Gasteiger partial charge in [0, 0.05) is 30.7 Å². The molecule has 16 heteroatoms. The van der Waals surface area contributed by atoms with E-state index in [2.05, 4.69) is 0 Å². The van der Waals surface area contributed by atoms with Crippen molar-refractivity contribution in [3.05, 3.63) is 113 Å². The van der Waals surface area contributed by atoms with E-state index in [0.717, 1.165) is 0 Å². The Bertz CT molecular complexity index is 2450. The third-order valence-electron chi connectivity index (χ3n) is 14.7. The summed E-state index contributed by atoms with van der Waals surface area (Å²) in [4.78, 5) is 73.4. The number of hydrogen-bond donors (Lipinski definition) is 3. The van der Waals surface area contributed by atoms with Crippen molar-refractivity contribution >= 4 is 29.8 Å². The van der Waals surface area contributed by atoms with Crippen LogP contribution >= 0.6 is 0 Å². The minimum Gasteiger partial charge on any atom is -0.497 e. The average Bonchev–Trinajstić information content (AvgIpc) is 3.69. The number of amides is 1. The standard InChI is InChI=1S/C51H59NO15/c1-27-33(63-45(58)39-37(29-16-12-10-13-17-29)52(46(59)67-47(3,4)5)43(64-39)30-20-22-32(61-9)23-21-30)25-51(60)42(65-44(57)31-18-14-11-15-19-31)40-49(8,41(56)38(55)36(27)48(51,6)7)34(54)24-35-50(40,26-62-35)66-28(2)53/h10-23,33-35,37-40,42-43,54-55,60H,24-26H2,1-9H3/t33-,34-,35+,37-,38+,39+,40?,42-,43?,49+,50-,51-/m0/s1. The average molecular weight is 926 g/mol. The summed E-state index contributed by atoms with van der Waals surface area (Å²) in [6, 6.07) is 22.3. The molecular weight excluding hydrogens is 867 g/mol. The van der Waals surface area contributed by atoms with Crippen LogP contribution in [0.25, 0.3) is 0 Å². The molecule has 2 bridgehead atoms. The van der Waals surface area contributed by atoms with Gasteiger partial charge in [-0.3, -0.25) is 14.5 Å². The van der Waals surface area contributed by atoms with Gasteiger partial charge in [0.2, 0.25) is 0 Å². The summed E-state index contributed by atoms with van der Waals surface area (Å²) in [5.41, 5.74) is -7.41. The number of rotatable bonds is 8. The smallest absolute Gasteiger partial charge is 0.413 e. The lowest BCUT2D eigenvalue weighted by Crippen LogP contribution is -2.81. The molecule has 2 saturated carbocycles. The van der Waals surface area contributed by atoms with Crippen molar-refractivity contribution in [3.63, 3.8) is 0 Å². The molecule has 2 unspecified atom stereocenters. The number of nitrogens with zero attached hydrogens (tertiary/aromatic N) is 1. The molecular formula is C51H59NO15. The molecule has 8 rings (SSSR count). The highest BCUT2D eigenvalue weighted by atomic mass is 16.6. The second-order valence-corrected chi connectivity index (χ2v) is 20.0. The van der Waals surface area contributed by atoms with Gasteiger partial charge in [0.15, 0.2) is 23.7 Å². The van der Waals surface area contributed by atoms with Crippen molar-refractivity contribution in [2.45, 2.75) is 134 Å². The molecule has 0 radical (unpaired) electrons. The molecule has 0 aromatic heterocycles. The summed E-state index contributed by atoms with van der Waals surface area (Å²) in [5.74, 6) is -4.50. The quantitative estimate of drug-likeness (QED) is 0.140. The molecule has 2 heterocycles. The molecule has 2 saturated heterocycles. The van der Waals surface area contributed by atoms with Gasteiger partial charge in [0.1, 0.15) is 47.4 Å². The van der Waals surface area contributed by atoms with Gasteiger partial charge in [-0.1, -0.05) is 74.5 Å². The molecule has 12 atom stereocenters. The second-order valence-electron chi connectivity index (χ2n) is 20.0. The Morgan fingerprint density at radius 1 is 0.866 bits per heavy atom. The van der Waals surface area contributed by atoms with Crippen molar-refractivity contribution in [3.8, 4) is 5.75 Å². The van der Waals surface area contributed by atoms with Crippen LogP contribution < -0.4 is 4.74 Å². The van der Waals surface area contributed by atoms with E-state index < -0.39 is 119 Å². The number of Topliss-reactive ketones (excluding diaryl/α,β-unsaturated/α-hetero) is 1. The van der Waals surface area contributed by atoms with Gasteiger partial charge in [-0.05, 0) is 75.6 Å². The van der Waals surface area contributed by atoms with E-state index in [1.807, 2.05) is 0 Å². The van der Waals surface area contributed by atoms with Crippen LogP contribution in [0, 0.1) is 16.7 Å². The van der Waals surface area contributed by atoms with Crippen LogP contribution in [0.1, 0.15) is 102 Å². The van der Waals surface area contributed by atoms with E-state index in [-0.39, 0.29) is 29.7 Å². The highest BCUT2D eigenvalue weighted by molar-refractivity contribution is 5.94. The first-order valence-electron chi connectivity index (χ1n) is 22.5. The van der Waals surface area contributed by atoms with Crippen molar-refractivity contribution < 1.29 is 72.5 Å². The largest absolute Gasteiger partial charge is 0.497 e. The second kappa shape index (κ2) is 17.1. The monoisotopic (exact) mass is 925 g/mol. The fourth-order valence-electron chi connectivity index (χ4n) is 11.3. The highest BCUT2D eigenvalue weighted by Gasteiger charge is 2.78. The fraction of sp³-hybridized carbons (Fsp3) is 0.510. The summed E-state index contributed by atoms with van der Waals surface area (Å²) in [5, 5.41) is 38.2. The molecule has 3 aliphatic carbocycles. The van der Waals surface area contributed by atoms with Crippen LogP contribution in [0.4, 0.5) is 4.79 Å². The molecule has 5 aliphatic rings. The number of methoxy groups -OCH3 is 1. The number of fused-ring (bicyclic) bond motifs is 5. The topological polar surface area (TPSA) is 214 Å². The third kappa shape index (κ3) is 7.80. The normalized spacial score (nSPS) is 34.3. The zero-order valence-electron chi connectivity index (χ0n) is 39.1. The fourth-order valence-corrected chi connectivity index (χ4v) is 11.3. The molecule has 1 amide bonds. The van der Waals surface area contributed by atoms with E-state index in [0.29, 0.717) is 16.9 Å². The maximum absolute atomic E-state index is 15.2. The zero-order chi connectivity index (χ0) is 48.6. The molecule has 67 heavy (non-hydrogen) atoms. The van der Waals surface area contributed by atoms with Crippen LogP contribution in [-0.4, -0.2) is 117 Å². The van der Waals surface area contributed by atoms with Crippen LogP contribution in [0.3, 0.4) is 0 Å². The van der Waals surface area contributed by atoms with Gasteiger partial charge in [-0.15, -0.1) is 0 Å². The SMILES string of the molecule is COc1ccc(C2O[C@@H](C(=O)O[C@H]3C[C@]4(O)[C@@H](OC(=O)c5ccccc5)C5[C@](C)(C(=O)[C@H](O)C(=C3C)C4(C)C)[C@@H](O)C[C@H]3OC[C@@]53OC(C)=O)[C@H](c3ccccc3)N2C(=O)OC(C)(C)C)cc1. The number of benzene rings is 3. The predicted molar refractivity (Wildman–Crippen MR) is 237 cm³/mol.